The average Bonchev–Trinajstić information content (AvgIpc) is 2.62. The Bertz CT molecular complexity index is 404. The zero-order valence-corrected chi connectivity index (χ0v) is 10.2. The second kappa shape index (κ2) is 4.51. The predicted molar refractivity (Wildman–Crippen MR) is 62.6 cm³/mol. The summed E-state index contributed by atoms with van der Waals surface area (Å²) in [6.07, 6.45) is 0.808. The third kappa shape index (κ3) is 2.41. The van der Waals surface area contributed by atoms with E-state index in [-0.39, 0.29) is 11.9 Å². The summed E-state index contributed by atoms with van der Waals surface area (Å²) in [7, 11) is 0. The molecule has 1 saturated heterocycles. The van der Waals surface area contributed by atoms with Crippen molar-refractivity contribution in [1.82, 2.24) is 4.90 Å². The number of hydrogen-bond donors (Lipinski definition) is 1. The molecule has 0 radical (unpaired) electrons. The Morgan fingerprint density at radius 1 is 1.50 bits per heavy atom. The number of likely N-dealkylation sites (tertiary alicyclic amines) is 1. The van der Waals surface area contributed by atoms with Gasteiger partial charge in [0.2, 0.25) is 0 Å². The van der Waals surface area contributed by atoms with Crippen LogP contribution in [0, 0.1) is 5.82 Å². The highest BCUT2D eigenvalue weighted by atomic mass is 79.9. The summed E-state index contributed by atoms with van der Waals surface area (Å²) in [6.45, 7) is 1.20. The standard InChI is InChI=1S/C11H12BrFN2O/c12-8-3-7(4-9(13)5-8)11(16)15-2-1-10(14)6-15/h3-5,10H,1-2,6,14H2. The average molecular weight is 287 g/mol. The molecule has 0 saturated carbocycles. The van der Waals surface area contributed by atoms with Gasteiger partial charge in [-0.05, 0) is 24.6 Å². The van der Waals surface area contributed by atoms with Gasteiger partial charge in [-0.3, -0.25) is 4.79 Å². The van der Waals surface area contributed by atoms with Crippen LogP contribution < -0.4 is 5.73 Å². The van der Waals surface area contributed by atoms with E-state index in [1.165, 1.54) is 12.1 Å². The maximum Gasteiger partial charge on any atom is 0.254 e. The Morgan fingerprint density at radius 3 is 2.81 bits per heavy atom. The SMILES string of the molecule is NC1CCN(C(=O)c2cc(F)cc(Br)c2)C1. The van der Waals surface area contributed by atoms with Crippen LogP contribution in [0.15, 0.2) is 22.7 Å². The predicted octanol–water partition coefficient (Wildman–Crippen LogP) is 1.76. The first kappa shape index (κ1) is 11.5. The van der Waals surface area contributed by atoms with Gasteiger partial charge < -0.3 is 10.6 Å². The Balaban J connectivity index is 2.20. The van der Waals surface area contributed by atoms with E-state index in [1.807, 2.05) is 0 Å². The van der Waals surface area contributed by atoms with E-state index < -0.39 is 5.82 Å². The van der Waals surface area contributed by atoms with Gasteiger partial charge in [-0.2, -0.15) is 0 Å². The van der Waals surface area contributed by atoms with Gasteiger partial charge in [-0.25, -0.2) is 4.39 Å². The van der Waals surface area contributed by atoms with Crippen LogP contribution >= 0.6 is 15.9 Å². The van der Waals surface area contributed by atoms with E-state index in [0.29, 0.717) is 23.1 Å². The van der Waals surface area contributed by atoms with Crippen LogP contribution in [-0.2, 0) is 0 Å². The molecule has 16 heavy (non-hydrogen) atoms. The van der Waals surface area contributed by atoms with Gasteiger partial charge >= 0.3 is 0 Å². The van der Waals surface area contributed by atoms with Gasteiger partial charge in [0.1, 0.15) is 5.82 Å². The van der Waals surface area contributed by atoms with Crippen LogP contribution in [0.3, 0.4) is 0 Å². The van der Waals surface area contributed by atoms with E-state index in [1.54, 1.807) is 11.0 Å². The molecule has 1 aliphatic rings. The fraction of sp³-hybridized carbons (Fsp3) is 0.364. The van der Waals surface area contributed by atoms with Crippen molar-refractivity contribution in [3.8, 4) is 0 Å². The summed E-state index contributed by atoms with van der Waals surface area (Å²) in [5, 5.41) is 0. The molecule has 0 aromatic heterocycles. The molecular weight excluding hydrogens is 275 g/mol. The molecule has 1 atom stereocenters. The van der Waals surface area contributed by atoms with Gasteiger partial charge in [0, 0.05) is 29.2 Å². The lowest BCUT2D eigenvalue weighted by molar-refractivity contribution is 0.0790. The highest BCUT2D eigenvalue weighted by molar-refractivity contribution is 9.10. The minimum absolute atomic E-state index is 0.0425. The Kier molecular flexibility index (Phi) is 3.25. The molecule has 5 heteroatoms. The Hall–Kier alpha value is -0.940. The highest BCUT2D eigenvalue weighted by Gasteiger charge is 2.24. The van der Waals surface area contributed by atoms with E-state index in [4.69, 9.17) is 5.73 Å². The number of hydrogen-bond acceptors (Lipinski definition) is 2. The van der Waals surface area contributed by atoms with Crippen LogP contribution in [0.4, 0.5) is 4.39 Å². The molecule has 86 valence electrons. The van der Waals surface area contributed by atoms with Gasteiger partial charge in [0.25, 0.3) is 5.91 Å². The third-order valence-electron chi connectivity index (χ3n) is 2.62. The first-order valence-electron chi connectivity index (χ1n) is 5.07. The van der Waals surface area contributed by atoms with E-state index in [9.17, 15) is 9.18 Å². The summed E-state index contributed by atoms with van der Waals surface area (Å²) in [5.41, 5.74) is 6.09. The number of nitrogens with two attached hydrogens (primary N) is 1. The van der Waals surface area contributed by atoms with Crippen molar-refractivity contribution in [2.75, 3.05) is 13.1 Å². The van der Waals surface area contributed by atoms with Crippen molar-refractivity contribution in [2.45, 2.75) is 12.5 Å². The lowest BCUT2D eigenvalue weighted by Crippen LogP contribution is -2.31. The topological polar surface area (TPSA) is 46.3 Å². The number of benzene rings is 1. The largest absolute Gasteiger partial charge is 0.337 e. The normalized spacial score (nSPS) is 20.2. The first-order valence-corrected chi connectivity index (χ1v) is 5.86. The number of carbonyl (C=O) groups is 1. The van der Waals surface area contributed by atoms with Crippen LogP contribution in [0.25, 0.3) is 0 Å². The number of amides is 1. The lowest BCUT2D eigenvalue weighted by Gasteiger charge is -2.15. The van der Waals surface area contributed by atoms with Crippen molar-refractivity contribution in [3.05, 3.63) is 34.1 Å². The maximum atomic E-state index is 13.1. The first-order chi connectivity index (χ1) is 7.56. The zero-order valence-electron chi connectivity index (χ0n) is 8.62. The van der Waals surface area contributed by atoms with Crippen molar-refractivity contribution in [2.24, 2.45) is 5.73 Å². The quantitative estimate of drug-likeness (QED) is 0.855. The van der Waals surface area contributed by atoms with Gasteiger partial charge in [0.05, 0.1) is 0 Å². The van der Waals surface area contributed by atoms with Crippen molar-refractivity contribution in [3.63, 3.8) is 0 Å². The monoisotopic (exact) mass is 286 g/mol. The van der Waals surface area contributed by atoms with E-state index >= 15 is 0 Å². The van der Waals surface area contributed by atoms with Gasteiger partial charge in [-0.1, -0.05) is 15.9 Å². The van der Waals surface area contributed by atoms with Gasteiger partial charge in [0.15, 0.2) is 0 Å². The summed E-state index contributed by atoms with van der Waals surface area (Å²) >= 11 is 3.17. The zero-order chi connectivity index (χ0) is 11.7. The molecule has 1 aromatic rings. The molecule has 1 aromatic carbocycles. The van der Waals surface area contributed by atoms with Crippen molar-refractivity contribution < 1.29 is 9.18 Å². The lowest BCUT2D eigenvalue weighted by atomic mass is 10.2. The third-order valence-corrected chi connectivity index (χ3v) is 3.08. The molecule has 1 aliphatic heterocycles. The Morgan fingerprint density at radius 2 is 2.25 bits per heavy atom. The second-order valence-electron chi connectivity index (χ2n) is 3.96. The maximum absolute atomic E-state index is 13.1. The molecule has 2 rings (SSSR count). The molecule has 0 aliphatic carbocycles. The molecule has 0 bridgehead atoms. The molecule has 1 amide bonds. The molecule has 0 spiro atoms. The van der Waals surface area contributed by atoms with Gasteiger partial charge in [-0.15, -0.1) is 0 Å². The van der Waals surface area contributed by atoms with Crippen molar-refractivity contribution in [1.29, 1.82) is 0 Å². The molecule has 1 heterocycles. The fourth-order valence-electron chi connectivity index (χ4n) is 1.83. The minimum Gasteiger partial charge on any atom is -0.337 e. The van der Waals surface area contributed by atoms with Crippen LogP contribution in [0.5, 0.6) is 0 Å². The summed E-state index contributed by atoms with van der Waals surface area (Å²) in [5.74, 6) is -0.575. The van der Waals surface area contributed by atoms with Crippen LogP contribution in [0.2, 0.25) is 0 Å². The fourth-order valence-corrected chi connectivity index (χ4v) is 2.30. The number of halogens is 2. The molecule has 1 unspecified atom stereocenters. The van der Waals surface area contributed by atoms with Crippen molar-refractivity contribution >= 4 is 21.8 Å². The van der Waals surface area contributed by atoms with Crippen LogP contribution in [-0.4, -0.2) is 29.9 Å². The Labute approximate surface area is 102 Å². The molecule has 1 fully saturated rings. The second-order valence-corrected chi connectivity index (χ2v) is 4.87. The van der Waals surface area contributed by atoms with Crippen LogP contribution in [0.1, 0.15) is 16.8 Å². The highest BCUT2D eigenvalue weighted by Crippen LogP contribution is 2.18. The molecule has 3 nitrogen and oxygen atoms in total. The summed E-state index contributed by atoms with van der Waals surface area (Å²) in [4.78, 5) is 13.6. The number of carbonyl (C=O) groups excluding carboxylic acids is 1. The molecular formula is C11H12BrFN2O. The number of nitrogens with zero attached hydrogens (tertiary/aromatic N) is 1. The number of rotatable bonds is 1. The smallest absolute Gasteiger partial charge is 0.254 e. The van der Waals surface area contributed by atoms with E-state index in [2.05, 4.69) is 15.9 Å². The summed E-state index contributed by atoms with van der Waals surface area (Å²) < 4.78 is 13.7. The molecule has 2 N–H and O–H groups in total. The summed E-state index contributed by atoms with van der Waals surface area (Å²) in [6, 6.07) is 4.24. The van der Waals surface area contributed by atoms with E-state index in [0.717, 1.165) is 6.42 Å². The minimum atomic E-state index is -0.416.